The quantitative estimate of drug-likeness (QED) is 0.286. The number of benzene rings is 3. The largest absolute Gasteiger partial charge is 0.495 e. The van der Waals surface area contributed by atoms with Crippen LogP contribution in [0.15, 0.2) is 59.0 Å². The van der Waals surface area contributed by atoms with E-state index in [-0.39, 0.29) is 11.1 Å². The number of carbonyl (C=O) groups is 2. The van der Waals surface area contributed by atoms with Crippen LogP contribution < -0.4 is 10.1 Å². The second-order valence-corrected chi connectivity index (χ2v) is 6.62. The van der Waals surface area contributed by atoms with Crippen molar-refractivity contribution in [3.8, 4) is 5.75 Å². The second kappa shape index (κ2) is 7.79. The molecule has 0 spiro atoms. The van der Waals surface area contributed by atoms with Crippen LogP contribution in [0.2, 0.25) is 0 Å². The molecule has 0 aliphatic heterocycles. The number of nitrogens with zero attached hydrogens (tertiary/aromatic N) is 1. The molecule has 4 aromatic rings. The lowest BCUT2D eigenvalue weighted by molar-refractivity contribution is -0.384. The number of nitro benzene ring substituents is 1. The summed E-state index contributed by atoms with van der Waals surface area (Å²) >= 11 is 0. The number of fused-ring (bicyclic) bond motifs is 3. The van der Waals surface area contributed by atoms with Crippen LogP contribution >= 0.6 is 0 Å². The smallest absolute Gasteiger partial charge is 0.338 e. The Morgan fingerprint density at radius 3 is 2.42 bits per heavy atom. The molecule has 1 aromatic heterocycles. The van der Waals surface area contributed by atoms with E-state index in [4.69, 9.17) is 9.15 Å². The van der Waals surface area contributed by atoms with Crippen LogP contribution in [0.1, 0.15) is 20.7 Å². The molecule has 0 aliphatic rings. The summed E-state index contributed by atoms with van der Waals surface area (Å²) in [6.45, 7) is 0. The minimum atomic E-state index is -0.793. The van der Waals surface area contributed by atoms with Crippen molar-refractivity contribution in [1.29, 1.82) is 0 Å². The number of nitro groups is 1. The van der Waals surface area contributed by atoms with E-state index in [0.717, 1.165) is 30.0 Å². The number of non-ortho nitro benzene ring substituents is 1. The summed E-state index contributed by atoms with van der Waals surface area (Å²) in [6, 6.07) is 14.2. The molecule has 1 amide bonds. The molecule has 0 saturated carbocycles. The van der Waals surface area contributed by atoms with Gasteiger partial charge in [-0.1, -0.05) is 18.2 Å². The van der Waals surface area contributed by atoms with Crippen molar-refractivity contribution in [3.63, 3.8) is 0 Å². The monoisotopic (exact) mass is 420 g/mol. The summed E-state index contributed by atoms with van der Waals surface area (Å²) in [7, 11) is 2.61. The van der Waals surface area contributed by atoms with Gasteiger partial charge >= 0.3 is 5.97 Å². The van der Waals surface area contributed by atoms with Crippen LogP contribution in [0.3, 0.4) is 0 Å². The van der Waals surface area contributed by atoms with Crippen molar-refractivity contribution in [2.75, 3.05) is 19.5 Å². The van der Waals surface area contributed by atoms with Gasteiger partial charge in [0.25, 0.3) is 11.6 Å². The second-order valence-electron chi connectivity index (χ2n) is 6.62. The Balaban J connectivity index is 1.75. The molecule has 0 radical (unpaired) electrons. The van der Waals surface area contributed by atoms with Crippen molar-refractivity contribution in [2.24, 2.45) is 0 Å². The van der Waals surface area contributed by atoms with Crippen LogP contribution in [0.25, 0.3) is 21.9 Å². The fourth-order valence-corrected chi connectivity index (χ4v) is 3.30. The lowest BCUT2D eigenvalue weighted by Gasteiger charge is -2.11. The summed E-state index contributed by atoms with van der Waals surface area (Å²) in [4.78, 5) is 35.2. The molecule has 0 saturated heterocycles. The number of esters is 1. The fourth-order valence-electron chi connectivity index (χ4n) is 3.30. The highest BCUT2D eigenvalue weighted by molar-refractivity contribution is 6.10. The number of ether oxygens (including phenoxy) is 2. The third-order valence-corrected chi connectivity index (χ3v) is 4.76. The average molecular weight is 420 g/mol. The third kappa shape index (κ3) is 3.64. The maximum absolute atomic E-state index is 12.9. The number of hydrogen-bond acceptors (Lipinski definition) is 7. The van der Waals surface area contributed by atoms with Gasteiger partial charge in [-0.25, -0.2) is 4.79 Å². The minimum Gasteiger partial charge on any atom is -0.495 e. The van der Waals surface area contributed by atoms with Crippen LogP contribution in [0.4, 0.5) is 11.4 Å². The normalized spacial score (nSPS) is 10.8. The van der Waals surface area contributed by atoms with Gasteiger partial charge in [-0.05, 0) is 18.2 Å². The first kappa shape index (κ1) is 19.9. The Hall–Kier alpha value is -4.40. The van der Waals surface area contributed by atoms with E-state index < -0.39 is 22.5 Å². The number of anilines is 1. The molecule has 31 heavy (non-hydrogen) atoms. The Morgan fingerprint density at radius 1 is 0.968 bits per heavy atom. The van der Waals surface area contributed by atoms with Gasteiger partial charge < -0.3 is 19.2 Å². The molecule has 4 rings (SSSR count). The number of carbonyl (C=O) groups excluding carboxylic acids is 2. The van der Waals surface area contributed by atoms with Gasteiger partial charge in [-0.15, -0.1) is 0 Å². The number of hydrogen-bond donors (Lipinski definition) is 1. The molecule has 0 atom stereocenters. The standard InChI is InChI=1S/C22H16N2O7/c1-29-20-10-16-15-5-3-4-6-18(15)31-19(16)11-17(20)23-21(25)12-7-13(22(26)30-2)9-14(8-12)24(27)28/h3-11H,1-2H3,(H,23,25). The third-order valence-electron chi connectivity index (χ3n) is 4.76. The van der Waals surface area contributed by atoms with Gasteiger partial charge in [-0.2, -0.15) is 0 Å². The van der Waals surface area contributed by atoms with E-state index in [1.165, 1.54) is 13.2 Å². The summed E-state index contributed by atoms with van der Waals surface area (Å²) in [5, 5.41) is 15.6. The van der Waals surface area contributed by atoms with Gasteiger partial charge in [0.2, 0.25) is 0 Å². The van der Waals surface area contributed by atoms with Crippen molar-refractivity contribution in [1.82, 2.24) is 0 Å². The van der Waals surface area contributed by atoms with Gasteiger partial charge in [0.05, 0.1) is 30.4 Å². The van der Waals surface area contributed by atoms with Crippen molar-refractivity contribution in [2.45, 2.75) is 0 Å². The summed E-state index contributed by atoms with van der Waals surface area (Å²) in [5.41, 5.74) is 0.928. The van der Waals surface area contributed by atoms with Crippen LogP contribution in [0.5, 0.6) is 5.75 Å². The highest BCUT2D eigenvalue weighted by atomic mass is 16.6. The maximum Gasteiger partial charge on any atom is 0.338 e. The predicted molar refractivity (Wildman–Crippen MR) is 113 cm³/mol. The molecule has 0 aliphatic carbocycles. The van der Waals surface area contributed by atoms with Crippen molar-refractivity contribution < 1.29 is 28.4 Å². The van der Waals surface area contributed by atoms with Crippen molar-refractivity contribution >= 4 is 45.2 Å². The fraction of sp³-hybridized carbons (Fsp3) is 0.0909. The molecule has 0 fully saturated rings. The molecule has 9 nitrogen and oxygen atoms in total. The number of nitrogens with one attached hydrogen (secondary N) is 1. The number of amides is 1. The Labute approximate surface area is 175 Å². The molecule has 0 unspecified atom stereocenters. The zero-order valence-electron chi connectivity index (χ0n) is 16.5. The first-order valence-electron chi connectivity index (χ1n) is 9.09. The molecular formula is C22H16N2O7. The van der Waals surface area contributed by atoms with E-state index in [1.54, 1.807) is 12.1 Å². The summed E-state index contributed by atoms with van der Waals surface area (Å²) in [5.74, 6) is -1.08. The molecular weight excluding hydrogens is 404 g/mol. The van der Waals surface area contributed by atoms with E-state index in [9.17, 15) is 19.7 Å². The predicted octanol–water partition coefficient (Wildman–Crippen LogP) is 4.54. The molecule has 1 N–H and O–H groups in total. The van der Waals surface area contributed by atoms with Crippen LogP contribution in [0, 0.1) is 10.1 Å². The number of furan rings is 1. The summed E-state index contributed by atoms with van der Waals surface area (Å²) in [6.07, 6.45) is 0. The number of rotatable bonds is 5. The van der Waals surface area contributed by atoms with Gasteiger partial charge in [0.15, 0.2) is 0 Å². The number of para-hydroxylation sites is 1. The first-order valence-corrected chi connectivity index (χ1v) is 9.09. The zero-order chi connectivity index (χ0) is 22.1. The van der Waals surface area contributed by atoms with Crippen LogP contribution in [-0.2, 0) is 4.74 Å². The SMILES string of the molecule is COC(=O)c1cc(C(=O)Nc2cc3oc4ccccc4c3cc2OC)cc([N+](=O)[O-])c1. The highest BCUT2D eigenvalue weighted by Crippen LogP contribution is 2.36. The zero-order valence-corrected chi connectivity index (χ0v) is 16.5. The Bertz CT molecular complexity index is 1360. The van der Waals surface area contributed by atoms with Gasteiger partial charge in [-0.3, -0.25) is 14.9 Å². The molecule has 0 bridgehead atoms. The lowest BCUT2D eigenvalue weighted by atomic mass is 10.1. The van der Waals surface area contributed by atoms with Crippen LogP contribution in [-0.4, -0.2) is 31.0 Å². The average Bonchev–Trinajstić information content (AvgIpc) is 3.14. The summed E-state index contributed by atoms with van der Waals surface area (Å²) < 4.78 is 15.9. The van der Waals surface area contributed by atoms with E-state index in [1.807, 2.05) is 24.3 Å². The number of methoxy groups -OCH3 is 2. The molecule has 1 heterocycles. The van der Waals surface area contributed by atoms with E-state index in [2.05, 4.69) is 10.1 Å². The molecule has 3 aromatic carbocycles. The van der Waals surface area contributed by atoms with E-state index in [0.29, 0.717) is 22.6 Å². The Morgan fingerprint density at radius 2 is 1.71 bits per heavy atom. The molecule has 156 valence electrons. The molecule has 9 heteroatoms. The van der Waals surface area contributed by atoms with E-state index >= 15 is 0 Å². The highest BCUT2D eigenvalue weighted by Gasteiger charge is 2.20. The topological polar surface area (TPSA) is 121 Å². The maximum atomic E-state index is 12.9. The lowest BCUT2D eigenvalue weighted by Crippen LogP contribution is -2.14. The minimum absolute atomic E-state index is 0.0821. The Kier molecular flexibility index (Phi) is 5.00. The first-order chi connectivity index (χ1) is 14.9. The van der Waals surface area contributed by atoms with Gasteiger partial charge in [0, 0.05) is 34.5 Å². The van der Waals surface area contributed by atoms with Crippen molar-refractivity contribution in [3.05, 3.63) is 75.8 Å². The van der Waals surface area contributed by atoms with Gasteiger partial charge in [0.1, 0.15) is 16.9 Å².